The predicted molar refractivity (Wildman–Crippen MR) is 176 cm³/mol. The third kappa shape index (κ3) is 3.76. The zero-order valence-corrected chi connectivity index (χ0v) is 29.0. The molecule has 1 aromatic rings. The van der Waals surface area contributed by atoms with Crippen LogP contribution in [0.25, 0.3) is 0 Å². The van der Waals surface area contributed by atoms with Crippen LogP contribution in [-0.2, 0) is 9.53 Å². The van der Waals surface area contributed by atoms with Gasteiger partial charge in [0.05, 0.1) is 26.0 Å². The summed E-state index contributed by atoms with van der Waals surface area (Å²) in [5, 5.41) is 5.01. The number of methoxy groups -OCH3 is 2. The van der Waals surface area contributed by atoms with Crippen LogP contribution >= 0.6 is 0 Å². The van der Waals surface area contributed by atoms with Crippen molar-refractivity contribution in [3.8, 4) is 5.75 Å². The summed E-state index contributed by atoms with van der Waals surface area (Å²) >= 11 is 0. The van der Waals surface area contributed by atoms with Gasteiger partial charge in [-0.05, 0) is 140 Å². The molecule has 5 heteroatoms. The van der Waals surface area contributed by atoms with Crippen molar-refractivity contribution in [2.75, 3.05) is 14.2 Å². The molecule has 5 saturated carbocycles. The standard InChI is InChI=1S/C39H58N2O3/c1-23-16-18-35(3)20-21-37(5)28(31(35)24(23)2)14-15-29-36(4)22-27-32(25-10-12-26(43-8)13-11-25)40-41-33(27)39(7,34(42)44-9)30(36)17-19-38(29,37)6/h10-13,23-24,27-32,40H,14-22H2,1-9H3/t23-,24+,27?,28-,29-,30-,31+,32?,35-,36-,37-,38-,39-/m1/s1. The number of nitrogens with one attached hydrogen (secondary N) is 1. The minimum Gasteiger partial charge on any atom is -0.497 e. The summed E-state index contributed by atoms with van der Waals surface area (Å²) in [6, 6.07) is 8.48. The molecule has 6 aliphatic rings. The Morgan fingerprint density at radius 1 is 0.864 bits per heavy atom. The lowest BCUT2D eigenvalue weighted by Crippen LogP contribution is -2.69. The molecule has 1 N–H and O–H groups in total. The molecule has 5 fully saturated rings. The van der Waals surface area contributed by atoms with E-state index in [0.29, 0.717) is 16.7 Å². The first-order valence-electron chi connectivity index (χ1n) is 17.8. The van der Waals surface area contributed by atoms with Crippen molar-refractivity contribution in [3.63, 3.8) is 0 Å². The first-order chi connectivity index (χ1) is 20.8. The van der Waals surface area contributed by atoms with Crippen LogP contribution in [-0.4, -0.2) is 25.9 Å². The maximum absolute atomic E-state index is 14.0. The van der Waals surface area contributed by atoms with Crippen molar-refractivity contribution in [2.45, 2.75) is 112 Å². The molecule has 0 amide bonds. The second kappa shape index (κ2) is 9.98. The first-order valence-corrected chi connectivity index (χ1v) is 17.8. The Kier molecular flexibility index (Phi) is 6.94. The Balaban J connectivity index is 1.29. The third-order valence-corrected chi connectivity index (χ3v) is 16.3. The van der Waals surface area contributed by atoms with E-state index in [4.69, 9.17) is 14.6 Å². The summed E-state index contributed by atoms with van der Waals surface area (Å²) in [6.07, 6.45) is 11.5. The third-order valence-electron chi connectivity index (χ3n) is 16.3. The number of hydrogen-bond donors (Lipinski definition) is 1. The van der Waals surface area contributed by atoms with Crippen LogP contribution in [0.4, 0.5) is 0 Å². The normalized spacial score (nSPS) is 50.9. The number of ether oxygens (including phenoxy) is 2. The van der Waals surface area contributed by atoms with Crippen LogP contribution in [0.2, 0.25) is 0 Å². The van der Waals surface area contributed by atoms with E-state index in [0.717, 1.165) is 48.0 Å². The summed E-state index contributed by atoms with van der Waals surface area (Å²) in [5.74, 6) is 5.00. The van der Waals surface area contributed by atoms with Crippen molar-refractivity contribution in [3.05, 3.63) is 29.8 Å². The molecule has 0 aromatic heterocycles. The van der Waals surface area contributed by atoms with Crippen molar-refractivity contribution < 1.29 is 14.3 Å². The molecule has 1 heterocycles. The average Bonchev–Trinajstić information content (AvgIpc) is 3.43. The van der Waals surface area contributed by atoms with E-state index >= 15 is 0 Å². The van der Waals surface area contributed by atoms with Gasteiger partial charge in [0.1, 0.15) is 11.2 Å². The smallest absolute Gasteiger partial charge is 0.317 e. The Hall–Kier alpha value is -2.04. The highest BCUT2D eigenvalue weighted by atomic mass is 16.5. The molecule has 44 heavy (non-hydrogen) atoms. The lowest BCUT2D eigenvalue weighted by Gasteiger charge is -2.73. The van der Waals surface area contributed by atoms with Gasteiger partial charge in [-0.15, -0.1) is 0 Å². The van der Waals surface area contributed by atoms with Crippen molar-refractivity contribution >= 4 is 11.7 Å². The molecule has 242 valence electrons. The fraction of sp³-hybridized carbons (Fsp3) is 0.795. The largest absolute Gasteiger partial charge is 0.497 e. The minimum atomic E-state index is -0.724. The summed E-state index contributed by atoms with van der Waals surface area (Å²) in [4.78, 5) is 14.0. The van der Waals surface area contributed by atoms with Gasteiger partial charge in [-0.3, -0.25) is 4.79 Å². The highest BCUT2D eigenvalue weighted by molar-refractivity contribution is 6.09. The zero-order valence-electron chi connectivity index (χ0n) is 29.0. The van der Waals surface area contributed by atoms with Crippen LogP contribution in [0.15, 0.2) is 29.4 Å². The number of carbonyl (C=O) groups excluding carboxylic acids is 1. The number of hydrogen-bond acceptors (Lipinski definition) is 5. The van der Waals surface area contributed by atoms with Crippen LogP contribution in [0.1, 0.15) is 118 Å². The van der Waals surface area contributed by atoms with E-state index in [1.165, 1.54) is 50.5 Å². The SMILES string of the molecule is COC(=O)[C@@]1(C)C2=NNC(c3ccc(OC)cc3)C2C[C@]2(C)[C@H]3CC[C@@H]4[C@@H]5[C@@H](C)[C@H](C)CC[C@]5(C)CC[C@@]4(C)[C@]3(C)CC[C@@H]12. The van der Waals surface area contributed by atoms with Gasteiger partial charge in [0, 0.05) is 5.92 Å². The number of fused-ring (bicyclic) bond motifs is 8. The fourth-order valence-corrected chi connectivity index (χ4v) is 13.7. The van der Waals surface area contributed by atoms with Gasteiger partial charge >= 0.3 is 5.97 Å². The highest BCUT2D eigenvalue weighted by Crippen LogP contribution is 2.77. The van der Waals surface area contributed by atoms with Gasteiger partial charge in [0.15, 0.2) is 0 Å². The summed E-state index contributed by atoms with van der Waals surface area (Å²) in [6.45, 7) is 18.0. The number of carbonyl (C=O) groups is 1. The molecule has 2 unspecified atom stereocenters. The summed E-state index contributed by atoms with van der Waals surface area (Å²) in [7, 11) is 3.29. The van der Waals surface area contributed by atoms with Crippen LogP contribution in [0.5, 0.6) is 5.75 Å². The molecule has 7 rings (SSSR count). The average molecular weight is 603 g/mol. The van der Waals surface area contributed by atoms with E-state index in [1.54, 1.807) is 14.2 Å². The topological polar surface area (TPSA) is 59.9 Å². The molecule has 0 spiro atoms. The summed E-state index contributed by atoms with van der Waals surface area (Å²) < 4.78 is 11.1. The molecule has 0 saturated heterocycles. The molecule has 5 nitrogen and oxygen atoms in total. The molecule has 1 aliphatic heterocycles. The predicted octanol–water partition coefficient (Wildman–Crippen LogP) is 8.83. The van der Waals surface area contributed by atoms with Gasteiger partial charge in [0.25, 0.3) is 0 Å². The number of benzene rings is 1. The summed E-state index contributed by atoms with van der Waals surface area (Å²) in [5.41, 5.74) is 6.16. The van der Waals surface area contributed by atoms with Gasteiger partial charge in [-0.2, -0.15) is 5.10 Å². The minimum absolute atomic E-state index is 0.0244. The Labute approximate surface area is 266 Å². The second-order valence-corrected chi connectivity index (χ2v) is 17.6. The van der Waals surface area contributed by atoms with Gasteiger partial charge in [-0.25, -0.2) is 0 Å². The Morgan fingerprint density at radius 2 is 1.59 bits per heavy atom. The maximum Gasteiger partial charge on any atom is 0.317 e. The van der Waals surface area contributed by atoms with Crippen LogP contribution in [0.3, 0.4) is 0 Å². The fourth-order valence-electron chi connectivity index (χ4n) is 13.7. The molecule has 1 aromatic carbocycles. The van der Waals surface area contributed by atoms with Crippen molar-refractivity contribution in [1.29, 1.82) is 0 Å². The van der Waals surface area contributed by atoms with Crippen molar-refractivity contribution in [2.24, 2.45) is 73.6 Å². The molecule has 0 bridgehead atoms. The lowest BCUT2D eigenvalue weighted by atomic mass is 9.30. The van der Waals surface area contributed by atoms with Gasteiger partial charge < -0.3 is 14.9 Å². The number of rotatable bonds is 3. The number of hydrazone groups is 1. The van der Waals surface area contributed by atoms with E-state index in [9.17, 15) is 4.79 Å². The first kappa shape index (κ1) is 30.6. The van der Waals surface area contributed by atoms with Gasteiger partial charge in [0.2, 0.25) is 0 Å². The van der Waals surface area contributed by atoms with Crippen LogP contribution in [0, 0.1) is 68.5 Å². The molecule has 13 atom stereocenters. The molecular weight excluding hydrogens is 544 g/mol. The van der Waals surface area contributed by atoms with Gasteiger partial charge in [-0.1, -0.05) is 53.7 Å². The Morgan fingerprint density at radius 3 is 2.27 bits per heavy atom. The second-order valence-electron chi connectivity index (χ2n) is 17.6. The highest BCUT2D eigenvalue weighted by Gasteiger charge is 2.73. The number of nitrogens with zero attached hydrogens (tertiary/aromatic N) is 1. The molecule has 5 aliphatic carbocycles. The Bertz CT molecular complexity index is 1340. The molecule has 0 radical (unpaired) electrons. The quantitative estimate of drug-likeness (QED) is 0.351. The van der Waals surface area contributed by atoms with E-state index in [-0.39, 0.29) is 34.7 Å². The van der Waals surface area contributed by atoms with Crippen molar-refractivity contribution in [1.82, 2.24) is 5.43 Å². The van der Waals surface area contributed by atoms with E-state index < -0.39 is 5.41 Å². The maximum atomic E-state index is 14.0. The van der Waals surface area contributed by atoms with E-state index in [2.05, 4.69) is 66.0 Å². The molecular formula is C39H58N2O3. The monoisotopic (exact) mass is 602 g/mol. The van der Waals surface area contributed by atoms with E-state index in [1.807, 2.05) is 12.1 Å². The lowest BCUT2D eigenvalue weighted by molar-refractivity contribution is -0.243. The van der Waals surface area contributed by atoms with Crippen LogP contribution < -0.4 is 10.2 Å². The number of esters is 1. The zero-order chi connectivity index (χ0) is 31.4.